The summed E-state index contributed by atoms with van der Waals surface area (Å²) in [5, 5.41) is 12.7. The molecular weight excluding hydrogens is 168 g/mol. The van der Waals surface area contributed by atoms with Crippen LogP contribution in [0.15, 0.2) is 42.7 Å². The van der Waals surface area contributed by atoms with Crippen molar-refractivity contribution in [2.24, 2.45) is 0 Å². The van der Waals surface area contributed by atoms with E-state index >= 15 is 0 Å². The van der Waals surface area contributed by atoms with Crippen molar-refractivity contribution in [3.05, 3.63) is 58.4 Å². The summed E-state index contributed by atoms with van der Waals surface area (Å²) in [4.78, 5) is 9.39. The topological polar surface area (TPSA) is 55.2 Å². The van der Waals surface area contributed by atoms with E-state index in [0.29, 0.717) is 6.54 Å². The fourth-order valence-electron chi connectivity index (χ4n) is 0.886. The number of benzene rings is 1. The van der Waals surface area contributed by atoms with Crippen molar-refractivity contribution in [3.8, 4) is 0 Å². The molecule has 0 saturated heterocycles. The van der Waals surface area contributed by atoms with Crippen LogP contribution >= 0.6 is 0 Å². The van der Waals surface area contributed by atoms with Gasteiger partial charge in [0.15, 0.2) is 0 Å². The van der Waals surface area contributed by atoms with Gasteiger partial charge in [-0.2, -0.15) is 0 Å². The molecular formula is C9H10N2O2. The molecule has 1 N–H and O–H groups in total. The number of nitro groups is 1. The van der Waals surface area contributed by atoms with E-state index < -0.39 is 4.92 Å². The summed E-state index contributed by atoms with van der Waals surface area (Å²) in [5.41, 5.74) is 1.09. The standard InChI is InChI=1S/C9H10N2O2/c12-11(13)7-6-10-8-9-4-2-1-3-5-9/h1-7,10H,8H2/b7-6+. The van der Waals surface area contributed by atoms with Crippen LogP contribution in [0, 0.1) is 10.1 Å². The highest BCUT2D eigenvalue weighted by Gasteiger charge is 1.87. The van der Waals surface area contributed by atoms with Gasteiger partial charge < -0.3 is 5.32 Å². The Morgan fingerprint density at radius 2 is 2.08 bits per heavy atom. The summed E-state index contributed by atoms with van der Waals surface area (Å²) in [6.07, 6.45) is 2.20. The molecule has 0 aliphatic heterocycles. The molecule has 1 rings (SSSR count). The van der Waals surface area contributed by atoms with Crippen LogP contribution in [-0.4, -0.2) is 4.92 Å². The van der Waals surface area contributed by atoms with E-state index in [1.54, 1.807) is 0 Å². The molecule has 0 aliphatic rings. The predicted molar refractivity (Wildman–Crippen MR) is 49.4 cm³/mol. The molecule has 0 saturated carbocycles. The normalized spacial score (nSPS) is 10.2. The van der Waals surface area contributed by atoms with Gasteiger partial charge in [0.05, 0.1) is 11.1 Å². The first-order valence-corrected chi connectivity index (χ1v) is 3.86. The lowest BCUT2D eigenvalue weighted by molar-refractivity contribution is -0.402. The summed E-state index contributed by atoms with van der Waals surface area (Å²) in [6.45, 7) is 0.602. The molecule has 1 aromatic carbocycles. The third kappa shape index (κ3) is 3.91. The Hall–Kier alpha value is -1.84. The monoisotopic (exact) mass is 178 g/mol. The molecule has 4 heteroatoms. The molecule has 0 aromatic heterocycles. The van der Waals surface area contributed by atoms with Gasteiger partial charge in [0, 0.05) is 6.54 Å². The quantitative estimate of drug-likeness (QED) is 0.561. The molecule has 0 amide bonds. The van der Waals surface area contributed by atoms with Crippen molar-refractivity contribution in [2.75, 3.05) is 0 Å². The van der Waals surface area contributed by atoms with Crippen LogP contribution in [0.2, 0.25) is 0 Å². The van der Waals surface area contributed by atoms with Gasteiger partial charge in [-0.15, -0.1) is 0 Å². The Bertz CT molecular complexity index is 296. The van der Waals surface area contributed by atoms with Gasteiger partial charge >= 0.3 is 0 Å². The van der Waals surface area contributed by atoms with Crippen molar-refractivity contribution >= 4 is 0 Å². The average Bonchev–Trinajstić information content (AvgIpc) is 2.14. The third-order valence-corrected chi connectivity index (χ3v) is 1.46. The lowest BCUT2D eigenvalue weighted by atomic mass is 10.2. The van der Waals surface area contributed by atoms with Crippen LogP contribution in [0.25, 0.3) is 0 Å². The molecule has 68 valence electrons. The van der Waals surface area contributed by atoms with Crippen LogP contribution in [0.3, 0.4) is 0 Å². The van der Waals surface area contributed by atoms with Crippen LogP contribution in [0.1, 0.15) is 5.56 Å². The zero-order valence-corrected chi connectivity index (χ0v) is 7.01. The minimum atomic E-state index is -0.502. The first kappa shape index (κ1) is 9.25. The molecule has 0 fully saturated rings. The third-order valence-electron chi connectivity index (χ3n) is 1.46. The number of rotatable bonds is 4. The largest absolute Gasteiger partial charge is 0.382 e. The summed E-state index contributed by atoms with van der Waals surface area (Å²) in [5.74, 6) is 0. The van der Waals surface area contributed by atoms with Gasteiger partial charge in [-0.25, -0.2) is 0 Å². The Morgan fingerprint density at radius 3 is 2.69 bits per heavy atom. The molecule has 13 heavy (non-hydrogen) atoms. The van der Waals surface area contributed by atoms with Crippen molar-refractivity contribution in [3.63, 3.8) is 0 Å². The van der Waals surface area contributed by atoms with E-state index in [4.69, 9.17) is 0 Å². The molecule has 0 bridgehead atoms. The first-order chi connectivity index (χ1) is 6.29. The molecule has 0 aliphatic carbocycles. The second-order valence-electron chi connectivity index (χ2n) is 2.47. The van der Waals surface area contributed by atoms with Gasteiger partial charge in [-0.05, 0) is 5.56 Å². The second-order valence-corrected chi connectivity index (χ2v) is 2.47. The molecule has 0 atom stereocenters. The first-order valence-electron chi connectivity index (χ1n) is 3.86. The molecule has 0 unspecified atom stereocenters. The summed E-state index contributed by atoms with van der Waals surface area (Å²) in [6, 6.07) is 9.68. The molecule has 0 heterocycles. The Labute approximate surface area is 76.0 Å². The maximum absolute atomic E-state index is 9.89. The number of hydrogen-bond acceptors (Lipinski definition) is 3. The van der Waals surface area contributed by atoms with Gasteiger partial charge in [0.25, 0.3) is 0 Å². The predicted octanol–water partition coefficient (Wildman–Crippen LogP) is 1.52. The average molecular weight is 178 g/mol. The summed E-state index contributed by atoms with van der Waals surface area (Å²) in [7, 11) is 0. The lowest BCUT2D eigenvalue weighted by Crippen LogP contribution is -2.04. The zero-order chi connectivity index (χ0) is 9.52. The van der Waals surface area contributed by atoms with Gasteiger partial charge in [-0.3, -0.25) is 10.1 Å². The fraction of sp³-hybridized carbons (Fsp3) is 0.111. The lowest BCUT2D eigenvalue weighted by Gasteiger charge is -1.98. The van der Waals surface area contributed by atoms with Gasteiger partial charge in [0.1, 0.15) is 0 Å². The Kier molecular flexibility index (Phi) is 3.50. The zero-order valence-electron chi connectivity index (χ0n) is 7.01. The van der Waals surface area contributed by atoms with Crippen molar-refractivity contribution in [1.82, 2.24) is 5.32 Å². The van der Waals surface area contributed by atoms with Crippen LogP contribution in [-0.2, 0) is 6.54 Å². The number of nitrogens with zero attached hydrogens (tertiary/aromatic N) is 1. The van der Waals surface area contributed by atoms with Crippen LogP contribution in [0.4, 0.5) is 0 Å². The van der Waals surface area contributed by atoms with E-state index in [1.165, 1.54) is 6.20 Å². The smallest absolute Gasteiger partial charge is 0.249 e. The highest BCUT2D eigenvalue weighted by Crippen LogP contribution is 1.96. The summed E-state index contributed by atoms with van der Waals surface area (Å²) < 4.78 is 0. The minimum Gasteiger partial charge on any atom is -0.382 e. The SMILES string of the molecule is O=[N+]([O-])/C=C/NCc1ccccc1. The minimum absolute atomic E-state index is 0.502. The second kappa shape index (κ2) is 4.92. The molecule has 1 aromatic rings. The number of nitrogens with one attached hydrogen (secondary N) is 1. The van der Waals surface area contributed by atoms with Gasteiger partial charge in [0.2, 0.25) is 6.20 Å². The van der Waals surface area contributed by atoms with Crippen LogP contribution in [0.5, 0.6) is 0 Å². The Morgan fingerprint density at radius 1 is 1.38 bits per heavy atom. The molecule has 4 nitrogen and oxygen atoms in total. The van der Waals surface area contributed by atoms with Crippen LogP contribution < -0.4 is 5.32 Å². The van der Waals surface area contributed by atoms with Crippen molar-refractivity contribution < 1.29 is 4.92 Å². The van der Waals surface area contributed by atoms with E-state index in [9.17, 15) is 10.1 Å². The maximum Gasteiger partial charge on any atom is 0.249 e. The number of hydrogen-bond donors (Lipinski definition) is 1. The van der Waals surface area contributed by atoms with Gasteiger partial charge in [-0.1, -0.05) is 30.3 Å². The maximum atomic E-state index is 9.89. The van der Waals surface area contributed by atoms with E-state index in [2.05, 4.69) is 5.32 Å². The molecule has 0 radical (unpaired) electrons. The van der Waals surface area contributed by atoms with E-state index in [0.717, 1.165) is 11.8 Å². The Balaban J connectivity index is 2.32. The molecule has 0 spiro atoms. The van der Waals surface area contributed by atoms with E-state index in [-0.39, 0.29) is 0 Å². The van der Waals surface area contributed by atoms with E-state index in [1.807, 2.05) is 30.3 Å². The van der Waals surface area contributed by atoms with Crippen molar-refractivity contribution in [2.45, 2.75) is 6.54 Å². The fourth-order valence-corrected chi connectivity index (χ4v) is 0.886. The highest BCUT2D eigenvalue weighted by molar-refractivity contribution is 5.14. The van der Waals surface area contributed by atoms with Crippen molar-refractivity contribution in [1.29, 1.82) is 0 Å². The highest BCUT2D eigenvalue weighted by atomic mass is 16.6. The summed E-state index contributed by atoms with van der Waals surface area (Å²) >= 11 is 0.